The zero-order valence-corrected chi connectivity index (χ0v) is 12.2. The van der Waals surface area contributed by atoms with Crippen LogP contribution in [0.15, 0.2) is 36.4 Å². The van der Waals surface area contributed by atoms with Gasteiger partial charge in [0.25, 0.3) is 0 Å². The number of imidazole rings is 1. The Labute approximate surface area is 127 Å². The van der Waals surface area contributed by atoms with Crippen LogP contribution in [0, 0.1) is 11.3 Å². The normalized spacial score (nSPS) is 10.2. The highest BCUT2D eigenvalue weighted by atomic mass is 16.5. The van der Waals surface area contributed by atoms with Crippen LogP contribution in [0.2, 0.25) is 0 Å². The average Bonchev–Trinajstić information content (AvgIpc) is 2.94. The molecule has 110 valence electrons. The van der Waals surface area contributed by atoms with Gasteiger partial charge in [-0.25, -0.2) is 4.98 Å². The van der Waals surface area contributed by atoms with Crippen LogP contribution in [0.1, 0.15) is 5.56 Å². The summed E-state index contributed by atoms with van der Waals surface area (Å²) in [5.74, 6) is 1.84. The molecule has 0 spiro atoms. The average molecular weight is 294 g/mol. The number of nitrogens with one attached hydrogen (secondary N) is 2. The van der Waals surface area contributed by atoms with E-state index in [2.05, 4.69) is 21.4 Å². The van der Waals surface area contributed by atoms with Gasteiger partial charge >= 0.3 is 0 Å². The second-order valence-corrected chi connectivity index (χ2v) is 4.63. The zero-order chi connectivity index (χ0) is 15.5. The Morgan fingerprint density at radius 1 is 1.14 bits per heavy atom. The maximum atomic E-state index is 8.93. The highest BCUT2D eigenvalue weighted by molar-refractivity contribution is 5.82. The van der Waals surface area contributed by atoms with E-state index >= 15 is 0 Å². The second-order valence-electron chi connectivity index (χ2n) is 4.63. The first-order chi connectivity index (χ1) is 10.7. The summed E-state index contributed by atoms with van der Waals surface area (Å²) in [5, 5.41) is 12.1. The summed E-state index contributed by atoms with van der Waals surface area (Å²) in [6, 6.07) is 12.9. The molecule has 22 heavy (non-hydrogen) atoms. The Balaban J connectivity index is 1.96. The van der Waals surface area contributed by atoms with Crippen molar-refractivity contribution in [3.63, 3.8) is 0 Å². The van der Waals surface area contributed by atoms with Gasteiger partial charge in [0, 0.05) is 17.8 Å². The molecule has 0 aliphatic heterocycles. The van der Waals surface area contributed by atoms with E-state index in [0.29, 0.717) is 23.0 Å². The van der Waals surface area contributed by atoms with E-state index in [1.54, 1.807) is 26.4 Å². The lowest BCUT2D eigenvalue weighted by Gasteiger charge is -2.06. The molecule has 1 heterocycles. The zero-order valence-electron chi connectivity index (χ0n) is 12.2. The molecule has 0 unspecified atom stereocenters. The van der Waals surface area contributed by atoms with Gasteiger partial charge < -0.3 is 19.8 Å². The SMILES string of the molecule is COc1cc2nc(Nc3cccc(C#N)c3)[nH]c2cc1OC. The van der Waals surface area contributed by atoms with E-state index in [1.807, 2.05) is 24.3 Å². The van der Waals surface area contributed by atoms with Gasteiger partial charge in [-0.15, -0.1) is 0 Å². The molecule has 0 radical (unpaired) electrons. The molecule has 0 saturated carbocycles. The molecule has 2 N–H and O–H groups in total. The molecule has 3 rings (SSSR count). The monoisotopic (exact) mass is 294 g/mol. The van der Waals surface area contributed by atoms with Gasteiger partial charge in [-0.2, -0.15) is 5.26 Å². The van der Waals surface area contributed by atoms with Crippen LogP contribution in [0.3, 0.4) is 0 Å². The fourth-order valence-corrected chi connectivity index (χ4v) is 2.20. The number of fused-ring (bicyclic) bond motifs is 1. The summed E-state index contributed by atoms with van der Waals surface area (Å²) in [6.07, 6.45) is 0. The molecule has 0 aliphatic carbocycles. The lowest BCUT2D eigenvalue weighted by Crippen LogP contribution is -1.92. The summed E-state index contributed by atoms with van der Waals surface area (Å²) in [5.41, 5.74) is 2.97. The number of nitriles is 1. The third-order valence-corrected chi connectivity index (χ3v) is 3.24. The number of rotatable bonds is 4. The van der Waals surface area contributed by atoms with Crippen LogP contribution >= 0.6 is 0 Å². The minimum absolute atomic E-state index is 0.584. The van der Waals surface area contributed by atoms with Crippen LogP contribution in [0.4, 0.5) is 11.6 Å². The van der Waals surface area contributed by atoms with Gasteiger partial charge in [0.1, 0.15) is 0 Å². The molecule has 3 aromatic rings. The summed E-state index contributed by atoms with van der Waals surface area (Å²) < 4.78 is 10.5. The number of ether oxygens (including phenoxy) is 2. The highest BCUT2D eigenvalue weighted by Crippen LogP contribution is 2.32. The lowest BCUT2D eigenvalue weighted by atomic mass is 10.2. The van der Waals surface area contributed by atoms with Crippen LogP contribution in [0.25, 0.3) is 11.0 Å². The Hall–Kier alpha value is -3.20. The molecule has 6 nitrogen and oxygen atoms in total. The quantitative estimate of drug-likeness (QED) is 0.772. The smallest absolute Gasteiger partial charge is 0.205 e. The molecule has 0 aliphatic rings. The topological polar surface area (TPSA) is 83.0 Å². The molecule has 0 fully saturated rings. The maximum absolute atomic E-state index is 8.93. The minimum Gasteiger partial charge on any atom is -0.493 e. The van der Waals surface area contributed by atoms with Gasteiger partial charge in [0.15, 0.2) is 11.5 Å². The standard InChI is InChI=1S/C16H14N4O2/c1-21-14-7-12-13(8-15(14)22-2)20-16(19-12)18-11-5-3-4-10(6-11)9-17/h3-8H,1-2H3,(H2,18,19,20). The number of aromatic amines is 1. The molecule has 6 heteroatoms. The van der Waals surface area contributed by atoms with Crippen molar-refractivity contribution in [3.05, 3.63) is 42.0 Å². The number of anilines is 2. The van der Waals surface area contributed by atoms with Gasteiger partial charge in [0.2, 0.25) is 5.95 Å². The molecular weight excluding hydrogens is 280 g/mol. The van der Waals surface area contributed by atoms with Crippen molar-refractivity contribution in [2.24, 2.45) is 0 Å². The Morgan fingerprint density at radius 3 is 2.64 bits per heavy atom. The van der Waals surface area contributed by atoms with Crippen molar-refractivity contribution in [2.45, 2.75) is 0 Å². The number of methoxy groups -OCH3 is 2. The number of hydrogen-bond acceptors (Lipinski definition) is 5. The first-order valence-electron chi connectivity index (χ1n) is 6.62. The van der Waals surface area contributed by atoms with Crippen molar-refractivity contribution >= 4 is 22.7 Å². The predicted molar refractivity (Wildman–Crippen MR) is 83.6 cm³/mol. The third-order valence-electron chi connectivity index (χ3n) is 3.24. The van der Waals surface area contributed by atoms with E-state index in [1.165, 1.54) is 0 Å². The molecular formula is C16H14N4O2. The van der Waals surface area contributed by atoms with Crippen LogP contribution in [0.5, 0.6) is 11.5 Å². The van der Waals surface area contributed by atoms with E-state index in [-0.39, 0.29) is 0 Å². The van der Waals surface area contributed by atoms with Crippen LogP contribution in [-0.2, 0) is 0 Å². The lowest BCUT2D eigenvalue weighted by molar-refractivity contribution is 0.356. The van der Waals surface area contributed by atoms with E-state index in [4.69, 9.17) is 14.7 Å². The fourth-order valence-electron chi connectivity index (χ4n) is 2.20. The van der Waals surface area contributed by atoms with Crippen molar-refractivity contribution < 1.29 is 9.47 Å². The molecule has 2 aromatic carbocycles. The largest absolute Gasteiger partial charge is 0.493 e. The Kier molecular flexibility index (Phi) is 3.54. The van der Waals surface area contributed by atoms with Crippen LogP contribution in [-0.4, -0.2) is 24.2 Å². The fraction of sp³-hybridized carbons (Fsp3) is 0.125. The Morgan fingerprint density at radius 2 is 1.91 bits per heavy atom. The maximum Gasteiger partial charge on any atom is 0.205 e. The first-order valence-corrected chi connectivity index (χ1v) is 6.62. The third kappa shape index (κ3) is 2.52. The molecule has 0 atom stereocenters. The summed E-state index contributed by atoms with van der Waals surface area (Å²) in [7, 11) is 3.18. The minimum atomic E-state index is 0.584. The Bertz CT molecular complexity index is 823. The van der Waals surface area contributed by atoms with E-state index in [9.17, 15) is 0 Å². The van der Waals surface area contributed by atoms with E-state index in [0.717, 1.165) is 16.7 Å². The van der Waals surface area contributed by atoms with Gasteiger partial charge in [-0.3, -0.25) is 0 Å². The summed E-state index contributed by atoms with van der Waals surface area (Å²) in [4.78, 5) is 7.63. The summed E-state index contributed by atoms with van der Waals surface area (Å²) >= 11 is 0. The van der Waals surface area contributed by atoms with Crippen molar-refractivity contribution in [1.29, 1.82) is 5.26 Å². The second kappa shape index (κ2) is 5.66. The molecule has 0 saturated heterocycles. The number of benzene rings is 2. The number of aromatic nitrogens is 2. The molecule has 0 amide bonds. The summed E-state index contributed by atoms with van der Waals surface area (Å²) in [6.45, 7) is 0. The first kappa shape index (κ1) is 13.8. The number of hydrogen-bond donors (Lipinski definition) is 2. The van der Waals surface area contributed by atoms with Crippen molar-refractivity contribution in [1.82, 2.24) is 9.97 Å². The van der Waals surface area contributed by atoms with E-state index < -0.39 is 0 Å². The van der Waals surface area contributed by atoms with Gasteiger partial charge in [-0.1, -0.05) is 6.07 Å². The van der Waals surface area contributed by atoms with Gasteiger partial charge in [0.05, 0.1) is 36.9 Å². The van der Waals surface area contributed by atoms with Crippen molar-refractivity contribution in [2.75, 3.05) is 19.5 Å². The van der Waals surface area contributed by atoms with Crippen LogP contribution < -0.4 is 14.8 Å². The van der Waals surface area contributed by atoms with Gasteiger partial charge in [-0.05, 0) is 18.2 Å². The highest BCUT2D eigenvalue weighted by Gasteiger charge is 2.10. The number of nitrogens with zero attached hydrogens (tertiary/aromatic N) is 2. The molecule has 1 aromatic heterocycles. The predicted octanol–water partition coefficient (Wildman–Crippen LogP) is 3.20. The molecule has 0 bridgehead atoms. The number of H-pyrrole nitrogens is 1. The van der Waals surface area contributed by atoms with Crippen molar-refractivity contribution in [3.8, 4) is 17.6 Å².